The maximum atomic E-state index is 11.4. The molecule has 13 heavy (non-hydrogen) atoms. The number of ketones is 1. The number of aromatic hydroxyl groups is 1. The molecule has 1 aromatic carbocycles. The first-order chi connectivity index (χ1) is 6.15. The molecule has 2 nitrogen and oxygen atoms in total. The average Bonchev–Trinajstić information content (AvgIpc) is 2.09. The second-order valence-corrected chi connectivity index (χ2v) is 3.73. The van der Waals surface area contributed by atoms with Gasteiger partial charge in [-0.25, -0.2) is 0 Å². The number of alkyl halides is 1. The topological polar surface area (TPSA) is 37.3 Å². The molecule has 1 rings (SSSR count). The maximum Gasteiger partial charge on any atom is 0.165 e. The molecule has 0 bridgehead atoms. The first-order valence-corrected chi connectivity index (χ1v) is 5.22. The molecular weight excluding hydrogens is 255 g/mol. The van der Waals surface area contributed by atoms with Crippen LogP contribution in [0.25, 0.3) is 0 Å². The largest absolute Gasteiger partial charge is 0.508 e. The lowest BCUT2D eigenvalue weighted by atomic mass is 10.1. The molecule has 0 saturated heterocycles. The van der Waals surface area contributed by atoms with Crippen molar-refractivity contribution in [1.82, 2.24) is 0 Å². The van der Waals surface area contributed by atoms with E-state index in [1.54, 1.807) is 0 Å². The van der Waals surface area contributed by atoms with E-state index in [9.17, 15) is 4.79 Å². The van der Waals surface area contributed by atoms with E-state index in [-0.39, 0.29) is 11.5 Å². The lowest BCUT2D eigenvalue weighted by molar-refractivity contribution is 0.0989. The fraction of sp³-hybridized carbons (Fsp3) is 0.222. The highest BCUT2D eigenvalue weighted by atomic mass is 79.9. The smallest absolute Gasteiger partial charge is 0.165 e. The van der Waals surface area contributed by atoms with Gasteiger partial charge >= 0.3 is 0 Å². The van der Waals surface area contributed by atoms with E-state index >= 15 is 0 Å². The summed E-state index contributed by atoms with van der Waals surface area (Å²) in [4.78, 5) is 11.4. The Bertz CT molecular complexity index is 325. The summed E-state index contributed by atoms with van der Waals surface area (Å²) < 4.78 is 0. The minimum Gasteiger partial charge on any atom is -0.508 e. The highest BCUT2D eigenvalue weighted by Gasteiger charge is 2.09. The lowest BCUT2D eigenvalue weighted by Crippen LogP contribution is -2.00. The third-order valence-electron chi connectivity index (χ3n) is 1.57. The normalized spacial score (nSPS) is 10.0. The second kappa shape index (κ2) is 4.63. The van der Waals surface area contributed by atoms with Gasteiger partial charge < -0.3 is 5.11 Å². The van der Waals surface area contributed by atoms with Gasteiger partial charge in [-0.2, -0.15) is 0 Å². The Morgan fingerprint density at radius 3 is 2.85 bits per heavy atom. The fourth-order valence-corrected chi connectivity index (χ4v) is 1.53. The van der Waals surface area contributed by atoms with Gasteiger partial charge in [0.05, 0.1) is 5.02 Å². The van der Waals surface area contributed by atoms with E-state index in [0.29, 0.717) is 22.3 Å². The Morgan fingerprint density at radius 2 is 2.23 bits per heavy atom. The number of carbonyl (C=O) groups excluding carboxylic acids is 1. The molecule has 0 aliphatic carbocycles. The van der Waals surface area contributed by atoms with Crippen molar-refractivity contribution in [1.29, 1.82) is 0 Å². The van der Waals surface area contributed by atoms with E-state index < -0.39 is 0 Å². The number of hydrogen-bond donors (Lipinski definition) is 1. The number of phenols is 1. The Morgan fingerprint density at radius 1 is 1.54 bits per heavy atom. The SMILES string of the molecule is O=C(CCBr)c1cc(O)ccc1Cl. The van der Waals surface area contributed by atoms with Gasteiger partial charge in [-0.1, -0.05) is 27.5 Å². The molecule has 1 N–H and O–H groups in total. The van der Waals surface area contributed by atoms with Gasteiger partial charge in [-0.3, -0.25) is 4.79 Å². The molecule has 4 heteroatoms. The van der Waals surface area contributed by atoms with Gasteiger partial charge in [0.25, 0.3) is 0 Å². The van der Waals surface area contributed by atoms with Gasteiger partial charge in [0, 0.05) is 17.3 Å². The first-order valence-electron chi connectivity index (χ1n) is 3.73. The van der Waals surface area contributed by atoms with Crippen LogP contribution in [0.3, 0.4) is 0 Å². The van der Waals surface area contributed by atoms with Crippen LogP contribution in [0, 0.1) is 0 Å². The summed E-state index contributed by atoms with van der Waals surface area (Å²) in [5, 5.41) is 10.1. The van der Waals surface area contributed by atoms with Crippen molar-refractivity contribution in [3.8, 4) is 5.75 Å². The molecular formula is C9H8BrClO2. The molecule has 0 amide bonds. The van der Waals surface area contributed by atoms with Crippen molar-refractivity contribution in [3.05, 3.63) is 28.8 Å². The summed E-state index contributed by atoms with van der Waals surface area (Å²) in [6.07, 6.45) is 0.378. The number of hydrogen-bond acceptors (Lipinski definition) is 2. The number of carbonyl (C=O) groups is 1. The number of Topliss-reactive ketones (excluding diaryl/α,β-unsaturated/α-hetero) is 1. The minimum atomic E-state index is -0.0715. The lowest BCUT2D eigenvalue weighted by Gasteiger charge is -2.02. The Labute approximate surface area is 89.7 Å². The summed E-state index contributed by atoms with van der Waals surface area (Å²) in [5.74, 6) is -0.0138. The monoisotopic (exact) mass is 262 g/mol. The molecule has 0 spiro atoms. The van der Waals surface area contributed by atoms with E-state index in [0.717, 1.165) is 0 Å². The zero-order valence-electron chi connectivity index (χ0n) is 6.76. The van der Waals surface area contributed by atoms with Crippen molar-refractivity contribution in [2.45, 2.75) is 6.42 Å². The predicted octanol–water partition coefficient (Wildman–Crippen LogP) is 3.01. The predicted molar refractivity (Wildman–Crippen MR) is 55.9 cm³/mol. The van der Waals surface area contributed by atoms with Crippen LogP contribution in [-0.2, 0) is 0 Å². The van der Waals surface area contributed by atoms with Gasteiger partial charge in [0.15, 0.2) is 5.78 Å². The van der Waals surface area contributed by atoms with E-state index in [4.69, 9.17) is 16.7 Å². The number of rotatable bonds is 3. The summed E-state index contributed by atoms with van der Waals surface area (Å²) in [6.45, 7) is 0. The highest BCUT2D eigenvalue weighted by molar-refractivity contribution is 9.09. The van der Waals surface area contributed by atoms with E-state index in [1.165, 1.54) is 18.2 Å². The zero-order valence-corrected chi connectivity index (χ0v) is 9.10. The molecule has 0 aromatic heterocycles. The van der Waals surface area contributed by atoms with Gasteiger partial charge in [0.1, 0.15) is 5.75 Å². The summed E-state index contributed by atoms with van der Waals surface area (Å²) in [7, 11) is 0. The molecule has 1 aromatic rings. The van der Waals surface area contributed by atoms with Crippen molar-refractivity contribution in [2.75, 3.05) is 5.33 Å². The maximum absolute atomic E-state index is 11.4. The number of halogens is 2. The molecule has 0 fully saturated rings. The summed E-state index contributed by atoms with van der Waals surface area (Å²) in [5.41, 5.74) is 0.376. The van der Waals surface area contributed by atoms with Crippen LogP contribution in [0.1, 0.15) is 16.8 Å². The first kappa shape index (κ1) is 10.5. The van der Waals surface area contributed by atoms with Crippen LogP contribution in [-0.4, -0.2) is 16.2 Å². The second-order valence-electron chi connectivity index (χ2n) is 2.53. The number of phenolic OH excluding ortho intramolecular Hbond substituents is 1. The molecule has 0 saturated carbocycles. The Balaban J connectivity index is 2.99. The van der Waals surface area contributed by atoms with Crippen molar-refractivity contribution in [3.63, 3.8) is 0 Å². The van der Waals surface area contributed by atoms with Crippen molar-refractivity contribution in [2.24, 2.45) is 0 Å². The van der Waals surface area contributed by atoms with Crippen molar-refractivity contribution >= 4 is 33.3 Å². The highest BCUT2D eigenvalue weighted by Crippen LogP contribution is 2.22. The minimum absolute atomic E-state index is 0.0577. The fourth-order valence-electron chi connectivity index (χ4n) is 0.947. The third kappa shape index (κ3) is 2.71. The molecule has 0 unspecified atom stereocenters. The zero-order chi connectivity index (χ0) is 9.84. The van der Waals surface area contributed by atoms with Crippen LogP contribution in [0.4, 0.5) is 0 Å². The molecule has 0 aliphatic heterocycles. The summed E-state index contributed by atoms with van der Waals surface area (Å²) >= 11 is 8.94. The number of benzene rings is 1. The quantitative estimate of drug-likeness (QED) is 0.672. The average molecular weight is 264 g/mol. The summed E-state index contributed by atoms with van der Waals surface area (Å²) in [6, 6.07) is 4.35. The standard InChI is InChI=1S/C9H8BrClO2/c10-4-3-9(13)7-5-6(12)1-2-8(7)11/h1-2,5,12H,3-4H2. The Hall–Kier alpha value is -0.540. The van der Waals surface area contributed by atoms with Gasteiger partial charge in [-0.15, -0.1) is 0 Å². The van der Waals surface area contributed by atoms with Crippen LogP contribution in [0.2, 0.25) is 5.02 Å². The molecule has 0 heterocycles. The molecule has 0 aliphatic rings. The van der Waals surface area contributed by atoms with Gasteiger partial charge in [0.2, 0.25) is 0 Å². The van der Waals surface area contributed by atoms with Crippen LogP contribution in [0.5, 0.6) is 5.75 Å². The van der Waals surface area contributed by atoms with Gasteiger partial charge in [-0.05, 0) is 18.2 Å². The van der Waals surface area contributed by atoms with Crippen LogP contribution < -0.4 is 0 Å². The third-order valence-corrected chi connectivity index (χ3v) is 2.30. The van der Waals surface area contributed by atoms with E-state index in [1.807, 2.05) is 0 Å². The Kier molecular flexibility index (Phi) is 3.75. The molecule has 0 atom stereocenters. The van der Waals surface area contributed by atoms with E-state index in [2.05, 4.69) is 15.9 Å². The van der Waals surface area contributed by atoms with Crippen LogP contribution >= 0.6 is 27.5 Å². The molecule has 70 valence electrons. The van der Waals surface area contributed by atoms with Crippen LogP contribution in [0.15, 0.2) is 18.2 Å². The van der Waals surface area contributed by atoms with Crippen molar-refractivity contribution < 1.29 is 9.90 Å². The molecule has 0 radical (unpaired) electrons.